The maximum Gasteiger partial charge on any atom is 0.253 e. The van der Waals surface area contributed by atoms with Gasteiger partial charge in [-0.25, -0.2) is 13.4 Å². The van der Waals surface area contributed by atoms with Gasteiger partial charge in [-0.2, -0.15) is 0 Å². The smallest absolute Gasteiger partial charge is 0.253 e. The lowest BCUT2D eigenvalue weighted by Crippen LogP contribution is -2.34. The zero-order valence-corrected chi connectivity index (χ0v) is 17.2. The van der Waals surface area contributed by atoms with Gasteiger partial charge in [0.15, 0.2) is 9.84 Å². The summed E-state index contributed by atoms with van der Waals surface area (Å²) < 4.78 is 35.9. The topological polar surface area (TPSA) is 107 Å². The van der Waals surface area contributed by atoms with Crippen molar-refractivity contribution in [3.05, 3.63) is 41.4 Å². The van der Waals surface area contributed by atoms with E-state index in [1.54, 1.807) is 12.1 Å². The zero-order chi connectivity index (χ0) is 20.3. The highest BCUT2D eigenvalue weighted by Crippen LogP contribution is 2.38. The molecule has 2 aromatic carbocycles. The summed E-state index contributed by atoms with van der Waals surface area (Å²) in [6, 6.07) is 9.08. The minimum atomic E-state index is -3.79. The van der Waals surface area contributed by atoms with Crippen LogP contribution in [0.25, 0.3) is 10.2 Å². The van der Waals surface area contributed by atoms with E-state index in [9.17, 15) is 13.2 Å². The largest absolute Gasteiger partial charge is 0.495 e. The molecule has 0 fully saturated rings. The average Bonchev–Trinajstić information content (AvgIpc) is 3.10. The van der Waals surface area contributed by atoms with Crippen LogP contribution in [0.1, 0.15) is 0 Å². The van der Waals surface area contributed by atoms with Crippen molar-refractivity contribution >= 4 is 54.0 Å². The molecule has 1 heterocycles. The summed E-state index contributed by atoms with van der Waals surface area (Å²) in [6.07, 6.45) is 0. The normalized spacial score (nSPS) is 11.2. The van der Waals surface area contributed by atoms with Crippen molar-refractivity contribution in [2.75, 3.05) is 25.4 Å². The Morgan fingerprint density at radius 2 is 1.75 bits per heavy atom. The molecular weight excluding hydrogens is 426 g/mol. The van der Waals surface area contributed by atoms with Crippen molar-refractivity contribution in [1.82, 2.24) is 10.4 Å². The quantitative estimate of drug-likeness (QED) is 0.543. The van der Waals surface area contributed by atoms with E-state index in [-0.39, 0.29) is 4.90 Å². The molecule has 0 atom stereocenters. The number of methoxy groups -OCH3 is 2. The molecule has 0 saturated carbocycles. The number of hydrogen-bond donors (Lipinski definition) is 2. The Morgan fingerprint density at radius 3 is 2.39 bits per heavy atom. The van der Waals surface area contributed by atoms with Gasteiger partial charge in [0.25, 0.3) is 5.91 Å². The van der Waals surface area contributed by atoms with E-state index in [0.29, 0.717) is 27.2 Å². The zero-order valence-electron chi connectivity index (χ0n) is 14.9. The van der Waals surface area contributed by atoms with Crippen LogP contribution in [-0.2, 0) is 14.6 Å². The molecule has 3 rings (SSSR count). The molecule has 3 aromatic rings. The molecule has 0 aliphatic rings. The van der Waals surface area contributed by atoms with Crippen LogP contribution in [0.15, 0.2) is 41.3 Å². The van der Waals surface area contributed by atoms with Gasteiger partial charge in [0, 0.05) is 5.02 Å². The standard InChI is InChI=1S/C17H16ClN3O5S2/c1-25-12-7-8-13(26-2)16-15(12)19-17(27-16)21-20-14(22)9-28(23,24)11-5-3-10(18)4-6-11/h3-8H,9H2,1-2H3,(H,19,21)(H,20,22). The fourth-order valence-electron chi connectivity index (χ4n) is 2.40. The number of ether oxygens (including phenoxy) is 2. The SMILES string of the molecule is COc1ccc(OC)c2sc(NNC(=O)CS(=O)(=O)c3ccc(Cl)cc3)nc12. The van der Waals surface area contributed by atoms with Gasteiger partial charge in [-0.15, -0.1) is 0 Å². The van der Waals surface area contributed by atoms with Gasteiger partial charge >= 0.3 is 0 Å². The molecule has 11 heteroatoms. The second kappa shape index (κ2) is 8.21. The number of hydrogen-bond acceptors (Lipinski definition) is 8. The second-order valence-corrected chi connectivity index (χ2v) is 8.98. The van der Waals surface area contributed by atoms with E-state index in [4.69, 9.17) is 21.1 Å². The Bertz CT molecular complexity index is 1070. The molecule has 0 spiro atoms. The van der Waals surface area contributed by atoms with Gasteiger partial charge in [-0.3, -0.25) is 15.6 Å². The van der Waals surface area contributed by atoms with Crippen LogP contribution in [0, 0.1) is 0 Å². The van der Waals surface area contributed by atoms with E-state index < -0.39 is 21.5 Å². The van der Waals surface area contributed by atoms with E-state index in [2.05, 4.69) is 15.8 Å². The molecule has 8 nitrogen and oxygen atoms in total. The molecule has 0 radical (unpaired) electrons. The van der Waals surface area contributed by atoms with Gasteiger partial charge < -0.3 is 9.47 Å². The molecule has 0 bridgehead atoms. The first-order valence-electron chi connectivity index (χ1n) is 7.89. The Hall–Kier alpha value is -2.56. The van der Waals surface area contributed by atoms with Gasteiger partial charge in [0.2, 0.25) is 5.13 Å². The third kappa shape index (κ3) is 4.29. The van der Waals surface area contributed by atoms with E-state index >= 15 is 0 Å². The van der Waals surface area contributed by atoms with Crippen molar-refractivity contribution in [3.63, 3.8) is 0 Å². The fraction of sp³-hybridized carbons (Fsp3) is 0.176. The molecule has 2 N–H and O–H groups in total. The number of sulfone groups is 1. The number of carbonyl (C=O) groups excluding carboxylic acids is 1. The molecule has 1 amide bonds. The highest BCUT2D eigenvalue weighted by atomic mass is 35.5. The number of halogens is 1. The predicted molar refractivity (Wildman–Crippen MR) is 108 cm³/mol. The van der Waals surface area contributed by atoms with Crippen molar-refractivity contribution in [2.45, 2.75) is 4.90 Å². The predicted octanol–water partition coefficient (Wildman–Crippen LogP) is 2.88. The number of anilines is 1. The van der Waals surface area contributed by atoms with Crippen LogP contribution in [0.5, 0.6) is 11.5 Å². The molecule has 0 aliphatic heterocycles. The number of thiazole rings is 1. The molecule has 28 heavy (non-hydrogen) atoms. The first-order valence-corrected chi connectivity index (χ1v) is 10.7. The fourth-order valence-corrected chi connectivity index (χ4v) is 4.58. The average molecular weight is 442 g/mol. The van der Waals surface area contributed by atoms with Crippen LogP contribution in [0.4, 0.5) is 5.13 Å². The molecule has 1 aromatic heterocycles. The first kappa shape index (κ1) is 20.2. The van der Waals surface area contributed by atoms with Gasteiger partial charge in [0.1, 0.15) is 27.5 Å². The van der Waals surface area contributed by atoms with Crippen molar-refractivity contribution < 1.29 is 22.7 Å². The summed E-state index contributed by atoms with van der Waals surface area (Å²) in [4.78, 5) is 16.4. The minimum absolute atomic E-state index is 0.0153. The Balaban J connectivity index is 1.71. The third-order valence-electron chi connectivity index (χ3n) is 3.71. The number of benzene rings is 2. The lowest BCUT2D eigenvalue weighted by molar-refractivity contribution is -0.118. The van der Waals surface area contributed by atoms with E-state index in [0.717, 1.165) is 4.70 Å². The second-order valence-electron chi connectivity index (χ2n) is 5.55. The maximum atomic E-state index is 12.3. The highest BCUT2D eigenvalue weighted by Gasteiger charge is 2.20. The Kier molecular flexibility index (Phi) is 5.92. The van der Waals surface area contributed by atoms with Crippen LogP contribution >= 0.6 is 22.9 Å². The minimum Gasteiger partial charge on any atom is -0.495 e. The van der Waals surface area contributed by atoms with Crippen molar-refractivity contribution in [3.8, 4) is 11.5 Å². The first-order chi connectivity index (χ1) is 13.3. The van der Waals surface area contributed by atoms with Crippen LogP contribution in [0.3, 0.4) is 0 Å². The number of amides is 1. The number of nitrogens with one attached hydrogen (secondary N) is 2. The Labute approximate surface area is 170 Å². The summed E-state index contributed by atoms with van der Waals surface area (Å²) in [5, 5.41) is 0.766. The third-order valence-corrected chi connectivity index (χ3v) is 6.58. The monoisotopic (exact) mass is 441 g/mol. The number of carbonyl (C=O) groups is 1. The van der Waals surface area contributed by atoms with Crippen LogP contribution in [-0.4, -0.2) is 39.3 Å². The van der Waals surface area contributed by atoms with Gasteiger partial charge in [-0.1, -0.05) is 22.9 Å². The number of aromatic nitrogens is 1. The van der Waals surface area contributed by atoms with Gasteiger partial charge in [-0.05, 0) is 36.4 Å². The summed E-state index contributed by atoms with van der Waals surface area (Å²) >= 11 is 6.98. The van der Waals surface area contributed by atoms with E-state index in [1.807, 2.05) is 0 Å². The van der Waals surface area contributed by atoms with Crippen LogP contribution < -0.4 is 20.3 Å². The number of rotatable bonds is 7. The number of nitrogens with zero attached hydrogens (tertiary/aromatic N) is 1. The summed E-state index contributed by atoms with van der Waals surface area (Å²) in [5.41, 5.74) is 5.54. The molecule has 0 aliphatic carbocycles. The molecular formula is C17H16ClN3O5S2. The highest BCUT2D eigenvalue weighted by molar-refractivity contribution is 7.92. The number of hydrazine groups is 1. The van der Waals surface area contributed by atoms with Gasteiger partial charge in [0.05, 0.1) is 19.1 Å². The molecule has 0 unspecified atom stereocenters. The van der Waals surface area contributed by atoms with E-state index in [1.165, 1.54) is 49.8 Å². The lowest BCUT2D eigenvalue weighted by Gasteiger charge is -2.07. The molecule has 148 valence electrons. The van der Waals surface area contributed by atoms with Crippen molar-refractivity contribution in [1.29, 1.82) is 0 Å². The maximum absolute atomic E-state index is 12.3. The number of fused-ring (bicyclic) bond motifs is 1. The summed E-state index contributed by atoms with van der Waals surface area (Å²) in [7, 11) is -0.730. The Morgan fingerprint density at radius 1 is 1.11 bits per heavy atom. The lowest BCUT2D eigenvalue weighted by atomic mass is 10.3. The van der Waals surface area contributed by atoms with Crippen LogP contribution in [0.2, 0.25) is 5.02 Å². The summed E-state index contributed by atoms with van der Waals surface area (Å²) in [6.45, 7) is 0. The summed E-state index contributed by atoms with van der Waals surface area (Å²) in [5.74, 6) is -0.290. The molecule has 0 saturated heterocycles. The van der Waals surface area contributed by atoms with Crippen molar-refractivity contribution in [2.24, 2.45) is 0 Å².